The summed E-state index contributed by atoms with van der Waals surface area (Å²) in [5.41, 5.74) is 5.62. The quantitative estimate of drug-likeness (QED) is 0.753. The normalized spacial score (nSPS) is 23.5. The monoisotopic (exact) mass is 296 g/mol. The summed E-state index contributed by atoms with van der Waals surface area (Å²) in [4.78, 5) is 25.4. The lowest BCUT2D eigenvalue weighted by atomic mass is 10.1. The first-order valence-electron chi connectivity index (χ1n) is 6.61. The summed E-state index contributed by atoms with van der Waals surface area (Å²) in [6.45, 7) is 6.21. The van der Waals surface area contributed by atoms with Crippen molar-refractivity contribution in [2.75, 3.05) is 25.0 Å². The molecule has 6 nitrogen and oxygen atoms in total. The van der Waals surface area contributed by atoms with Crippen LogP contribution < -0.4 is 16.4 Å². The van der Waals surface area contributed by atoms with Gasteiger partial charge in [0.05, 0.1) is 12.1 Å². The van der Waals surface area contributed by atoms with Gasteiger partial charge in [0.1, 0.15) is 5.00 Å². The van der Waals surface area contributed by atoms with E-state index in [1.165, 1.54) is 11.3 Å². The summed E-state index contributed by atoms with van der Waals surface area (Å²) >= 11 is 1.31. The maximum Gasteiger partial charge on any atom is 0.251 e. The summed E-state index contributed by atoms with van der Waals surface area (Å²) < 4.78 is 0. The second kappa shape index (κ2) is 6.34. The van der Waals surface area contributed by atoms with Crippen molar-refractivity contribution < 1.29 is 9.59 Å². The molecule has 2 heterocycles. The first-order valence-corrected chi connectivity index (χ1v) is 7.49. The largest absolute Gasteiger partial charge is 0.366 e. The van der Waals surface area contributed by atoms with Crippen molar-refractivity contribution in [2.45, 2.75) is 25.9 Å². The molecule has 2 atom stereocenters. The summed E-state index contributed by atoms with van der Waals surface area (Å²) in [5, 5.41) is 8.45. The van der Waals surface area contributed by atoms with Crippen molar-refractivity contribution in [2.24, 2.45) is 5.73 Å². The number of carbonyl (C=O) groups excluding carboxylic acids is 2. The number of carbonyl (C=O) groups is 2. The lowest BCUT2D eigenvalue weighted by Crippen LogP contribution is -2.55. The van der Waals surface area contributed by atoms with Crippen molar-refractivity contribution in [3.8, 4) is 0 Å². The van der Waals surface area contributed by atoms with Crippen LogP contribution in [0.4, 0.5) is 5.00 Å². The van der Waals surface area contributed by atoms with Crippen molar-refractivity contribution in [3.63, 3.8) is 0 Å². The number of rotatable bonds is 4. The van der Waals surface area contributed by atoms with Crippen LogP contribution >= 0.6 is 11.3 Å². The molecule has 1 saturated heterocycles. The van der Waals surface area contributed by atoms with E-state index in [2.05, 4.69) is 29.4 Å². The summed E-state index contributed by atoms with van der Waals surface area (Å²) in [6, 6.07) is 2.36. The van der Waals surface area contributed by atoms with Crippen LogP contribution in [0.5, 0.6) is 0 Å². The molecule has 1 aliphatic heterocycles. The van der Waals surface area contributed by atoms with Gasteiger partial charge in [-0.15, -0.1) is 11.3 Å². The molecular formula is C13H20N4O2S. The number of primary amides is 1. The summed E-state index contributed by atoms with van der Waals surface area (Å²) in [5.74, 6) is -0.637. The number of amides is 2. The van der Waals surface area contributed by atoms with Crippen molar-refractivity contribution in [3.05, 3.63) is 17.0 Å². The second-order valence-corrected chi connectivity index (χ2v) is 6.15. The van der Waals surface area contributed by atoms with Crippen molar-refractivity contribution >= 4 is 28.2 Å². The van der Waals surface area contributed by atoms with Gasteiger partial charge in [0, 0.05) is 25.2 Å². The molecule has 2 rings (SSSR count). The van der Waals surface area contributed by atoms with Crippen LogP contribution in [0.2, 0.25) is 0 Å². The third-order valence-electron chi connectivity index (χ3n) is 3.18. The first kappa shape index (κ1) is 15.0. The molecule has 0 radical (unpaired) electrons. The van der Waals surface area contributed by atoms with E-state index in [1.54, 1.807) is 11.4 Å². The average Bonchev–Trinajstić information content (AvgIpc) is 2.75. The van der Waals surface area contributed by atoms with Crippen LogP contribution in [0.25, 0.3) is 0 Å². The highest BCUT2D eigenvalue weighted by molar-refractivity contribution is 7.14. The highest BCUT2D eigenvalue weighted by atomic mass is 32.1. The van der Waals surface area contributed by atoms with E-state index < -0.39 is 5.91 Å². The fraction of sp³-hybridized carbons (Fsp3) is 0.538. The van der Waals surface area contributed by atoms with Crippen LogP contribution in [-0.4, -0.2) is 48.4 Å². The van der Waals surface area contributed by atoms with Gasteiger partial charge in [-0.2, -0.15) is 0 Å². The molecule has 0 spiro atoms. The SMILES string of the molecule is CC1CN(CC(=O)Nc2sccc2C(N)=O)CC(C)N1. The van der Waals surface area contributed by atoms with E-state index >= 15 is 0 Å². The van der Waals surface area contributed by atoms with Gasteiger partial charge in [-0.25, -0.2) is 0 Å². The Labute approximate surface area is 122 Å². The number of hydrogen-bond donors (Lipinski definition) is 3. The fourth-order valence-electron chi connectivity index (χ4n) is 2.54. The zero-order chi connectivity index (χ0) is 14.7. The Kier molecular flexibility index (Phi) is 4.74. The third kappa shape index (κ3) is 3.78. The lowest BCUT2D eigenvalue weighted by Gasteiger charge is -2.35. The van der Waals surface area contributed by atoms with Crippen LogP contribution in [0, 0.1) is 0 Å². The van der Waals surface area contributed by atoms with Gasteiger partial charge in [0.25, 0.3) is 5.91 Å². The number of hydrogen-bond acceptors (Lipinski definition) is 5. The Balaban J connectivity index is 1.92. The smallest absolute Gasteiger partial charge is 0.251 e. The molecule has 1 fully saturated rings. The predicted molar refractivity (Wildman–Crippen MR) is 80.0 cm³/mol. The van der Waals surface area contributed by atoms with Gasteiger partial charge < -0.3 is 16.4 Å². The lowest BCUT2D eigenvalue weighted by molar-refractivity contribution is -0.117. The number of nitrogens with zero attached hydrogens (tertiary/aromatic N) is 1. The van der Waals surface area contributed by atoms with Gasteiger partial charge in [-0.05, 0) is 25.3 Å². The number of nitrogens with two attached hydrogens (primary N) is 1. The van der Waals surface area contributed by atoms with Crippen LogP contribution in [-0.2, 0) is 4.79 Å². The Morgan fingerprint density at radius 1 is 1.45 bits per heavy atom. The van der Waals surface area contributed by atoms with Crippen LogP contribution in [0.15, 0.2) is 11.4 Å². The van der Waals surface area contributed by atoms with E-state index in [4.69, 9.17) is 5.73 Å². The zero-order valence-corrected chi connectivity index (χ0v) is 12.5. The average molecular weight is 296 g/mol. The molecule has 0 saturated carbocycles. The van der Waals surface area contributed by atoms with E-state index in [0.717, 1.165) is 13.1 Å². The Morgan fingerprint density at radius 2 is 2.10 bits per heavy atom. The molecule has 20 heavy (non-hydrogen) atoms. The molecule has 2 amide bonds. The third-order valence-corrected chi connectivity index (χ3v) is 4.01. The van der Waals surface area contributed by atoms with Crippen LogP contribution in [0.3, 0.4) is 0 Å². The molecule has 4 N–H and O–H groups in total. The van der Waals surface area contributed by atoms with Gasteiger partial charge in [-0.1, -0.05) is 0 Å². The highest BCUT2D eigenvalue weighted by Crippen LogP contribution is 2.22. The van der Waals surface area contributed by atoms with Gasteiger partial charge in [-0.3, -0.25) is 14.5 Å². The van der Waals surface area contributed by atoms with Gasteiger partial charge >= 0.3 is 0 Å². The maximum absolute atomic E-state index is 12.0. The standard InChI is InChI=1S/C13H20N4O2S/c1-8-5-17(6-9(2)15-8)7-11(18)16-13-10(12(14)19)3-4-20-13/h3-4,8-9,15H,5-7H2,1-2H3,(H2,14,19)(H,16,18). The van der Waals surface area contributed by atoms with Crippen molar-refractivity contribution in [1.82, 2.24) is 10.2 Å². The van der Waals surface area contributed by atoms with Crippen LogP contribution in [0.1, 0.15) is 24.2 Å². The second-order valence-electron chi connectivity index (χ2n) is 5.24. The topological polar surface area (TPSA) is 87.5 Å². The maximum atomic E-state index is 12.0. The summed E-state index contributed by atoms with van der Waals surface area (Å²) in [7, 11) is 0. The Hall–Kier alpha value is -1.44. The first-order chi connectivity index (χ1) is 9.45. The van der Waals surface area contributed by atoms with Crippen molar-refractivity contribution in [1.29, 1.82) is 0 Å². The molecule has 110 valence electrons. The minimum atomic E-state index is -0.522. The Bertz CT molecular complexity index is 492. The molecule has 1 aliphatic rings. The van der Waals surface area contributed by atoms with E-state index in [-0.39, 0.29) is 5.91 Å². The molecule has 2 unspecified atom stereocenters. The minimum absolute atomic E-state index is 0.115. The van der Waals surface area contributed by atoms with Gasteiger partial charge in [0.2, 0.25) is 5.91 Å². The molecule has 0 bridgehead atoms. The molecule has 0 aromatic carbocycles. The summed E-state index contributed by atoms with van der Waals surface area (Å²) in [6.07, 6.45) is 0. The zero-order valence-electron chi connectivity index (χ0n) is 11.7. The predicted octanol–water partition coefficient (Wildman–Crippen LogP) is 0.468. The molecular weight excluding hydrogens is 276 g/mol. The van der Waals surface area contributed by atoms with E-state index in [0.29, 0.717) is 29.2 Å². The van der Waals surface area contributed by atoms with E-state index in [1.807, 2.05) is 0 Å². The highest BCUT2D eigenvalue weighted by Gasteiger charge is 2.23. The molecule has 1 aromatic heterocycles. The molecule has 7 heteroatoms. The number of piperazine rings is 1. The van der Waals surface area contributed by atoms with Gasteiger partial charge in [0.15, 0.2) is 0 Å². The minimum Gasteiger partial charge on any atom is -0.366 e. The molecule has 0 aliphatic carbocycles. The van der Waals surface area contributed by atoms with E-state index in [9.17, 15) is 9.59 Å². The Morgan fingerprint density at radius 3 is 2.70 bits per heavy atom. The number of nitrogens with one attached hydrogen (secondary N) is 2. The fourth-order valence-corrected chi connectivity index (χ4v) is 3.35. The number of anilines is 1. The number of thiophene rings is 1. The molecule has 1 aromatic rings.